The Labute approximate surface area is 132 Å². The average Bonchev–Trinajstić information content (AvgIpc) is 2.41. The molecule has 0 N–H and O–H groups in total. The van der Waals surface area contributed by atoms with E-state index in [9.17, 15) is 4.79 Å². The molecule has 0 spiro atoms. The van der Waals surface area contributed by atoms with E-state index >= 15 is 0 Å². The van der Waals surface area contributed by atoms with Crippen LogP contribution in [-0.2, 0) is 0 Å². The fourth-order valence-corrected chi connectivity index (χ4v) is 3.53. The molecular weight excluding hydrogens is 349 g/mol. The molecule has 0 aromatic heterocycles. The second-order valence-corrected chi connectivity index (χ2v) is 6.68. The summed E-state index contributed by atoms with van der Waals surface area (Å²) < 4.78 is 0.736. The van der Waals surface area contributed by atoms with Gasteiger partial charge in [0, 0.05) is 17.6 Å². The number of halogens is 3. The Balaban J connectivity index is 2.21. The van der Waals surface area contributed by atoms with Gasteiger partial charge in [0.1, 0.15) is 0 Å². The minimum atomic E-state index is -0.0659. The molecule has 2 atom stereocenters. The minimum Gasteiger partial charge on any atom is -0.337 e. The van der Waals surface area contributed by atoms with Gasteiger partial charge in [-0.25, -0.2) is 0 Å². The lowest BCUT2D eigenvalue weighted by atomic mass is 9.93. The molecule has 0 aliphatic heterocycles. The quantitative estimate of drug-likeness (QED) is 0.695. The van der Waals surface area contributed by atoms with Gasteiger partial charge in [0.25, 0.3) is 5.91 Å². The monoisotopic (exact) mass is 363 g/mol. The number of hydrogen-bond donors (Lipinski definition) is 0. The third kappa shape index (κ3) is 3.26. The maximum atomic E-state index is 12.5. The average molecular weight is 365 g/mol. The highest BCUT2D eigenvalue weighted by atomic mass is 79.9. The van der Waals surface area contributed by atoms with Crippen molar-refractivity contribution in [1.29, 1.82) is 0 Å². The van der Waals surface area contributed by atoms with Crippen LogP contribution in [0.5, 0.6) is 0 Å². The minimum absolute atomic E-state index is 0.0358. The molecule has 0 saturated heterocycles. The normalized spacial score (nSPS) is 23.2. The van der Waals surface area contributed by atoms with Crippen LogP contribution in [0.2, 0.25) is 5.02 Å². The van der Waals surface area contributed by atoms with Crippen LogP contribution in [-0.4, -0.2) is 29.3 Å². The molecule has 2 rings (SSSR count). The van der Waals surface area contributed by atoms with Gasteiger partial charge < -0.3 is 4.90 Å². The summed E-state index contributed by atoms with van der Waals surface area (Å²) in [6.45, 7) is 0. The molecule has 1 aromatic rings. The van der Waals surface area contributed by atoms with E-state index in [-0.39, 0.29) is 17.3 Å². The lowest BCUT2D eigenvalue weighted by Gasteiger charge is -2.35. The third-order valence-electron chi connectivity index (χ3n) is 3.65. The van der Waals surface area contributed by atoms with E-state index in [0.29, 0.717) is 10.6 Å². The zero-order valence-electron chi connectivity index (χ0n) is 10.7. The second kappa shape index (κ2) is 6.47. The predicted octanol–water partition coefficient (Wildman–Crippen LogP) is 4.72. The Hall–Kier alpha value is -0.250. The molecule has 104 valence electrons. The van der Waals surface area contributed by atoms with Crippen LogP contribution >= 0.6 is 39.1 Å². The first-order valence-corrected chi connectivity index (χ1v) is 7.98. The van der Waals surface area contributed by atoms with E-state index in [2.05, 4.69) is 15.9 Å². The maximum absolute atomic E-state index is 12.5. The van der Waals surface area contributed by atoms with Crippen LogP contribution in [0.3, 0.4) is 0 Å². The van der Waals surface area contributed by atoms with Gasteiger partial charge in [0.05, 0.1) is 16.0 Å². The summed E-state index contributed by atoms with van der Waals surface area (Å²) in [5.41, 5.74) is 0.521. The Morgan fingerprint density at radius 2 is 2.05 bits per heavy atom. The molecule has 19 heavy (non-hydrogen) atoms. The first kappa shape index (κ1) is 15.1. The summed E-state index contributed by atoms with van der Waals surface area (Å²) in [4.78, 5) is 14.3. The van der Waals surface area contributed by atoms with Gasteiger partial charge in [-0.1, -0.05) is 30.5 Å². The lowest BCUT2D eigenvalue weighted by molar-refractivity contribution is 0.0700. The van der Waals surface area contributed by atoms with Crippen LogP contribution in [0.25, 0.3) is 0 Å². The number of nitrogens with zero attached hydrogens (tertiary/aromatic N) is 1. The van der Waals surface area contributed by atoms with Gasteiger partial charge in [-0.05, 0) is 40.9 Å². The van der Waals surface area contributed by atoms with Gasteiger partial charge in [-0.15, -0.1) is 11.6 Å². The SMILES string of the molecule is CN(C(=O)c1cccc(Br)c1Cl)C1CCCCC1Cl. The number of alkyl halides is 1. The van der Waals surface area contributed by atoms with Crippen LogP contribution in [0.4, 0.5) is 0 Å². The largest absolute Gasteiger partial charge is 0.337 e. The highest BCUT2D eigenvalue weighted by Gasteiger charge is 2.30. The van der Waals surface area contributed by atoms with Crippen molar-refractivity contribution in [1.82, 2.24) is 4.90 Å². The molecule has 0 heterocycles. The topological polar surface area (TPSA) is 20.3 Å². The highest BCUT2D eigenvalue weighted by molar-refractivity contribution is 9.10. The van der Waals surface area contributed by atoms with Crippen molar-refractivity contribution < 1.29 is 4.79 Å². The molecule has 1 aliphatic rings. The van der Waals surface area contributed by atoms with E-state index < -0.39 is 0 Å². The van der Waals surface area contributed by atoms with Gasteiger partial charge in [-0.2, -0.15) is 0 Å². The summed E-state index contributed by atoms with van der Waals surface area (Å²) in [6, 6.07) is 5.48. The Morgan fingerprint density at radius 1 is 1.37 bits per heavy atom. The van der Waals surface area contributed by atoms with Crippen molar-refractivity contribution in [3.8, 4) is 0 Å². The third-order valence-corrected chi connectivity index (χ3v) is 5.45. The van der Waals surface area contributed by atoms with Crippen molar-refractivity contribution >= 4 is 45.0 Å². The van der Waals surface area contributed by atoms with E-state index in [1.807, 2.05) is 19.2 Å². The summed E-state index contributed by atoms with van der Waals surface area (Å²) in [5.74, 6) is -0.0659. The van der Waals surface area contributed by atoms with Gasteiger partial charge >= 0.3 is 0 Å². The molecule has 1 aromatic carbocycles. The Morgan fingerprint density at radius 3 is 2.74 bits per heavy atom. The summed E-state index contributed by atoms with van der Waals surface area (Å²) in [7, 11) is 1.81. The zero-order chi connectivity index (χ0) is 14.0. The van der Waals surface area contributed by atoms with Gasteiger partial charge in [0.2, 0.25) is 0 Å². The summed E-state index contributed by atoms with van der Waals surface area (Å²) in [6.07, 6.45) is 4.19. The fourth-order valence-electron chi connectivity index (χ4n) is 2.51. The molecule has 2 unspecified atom stereocenters. The maximum Gasteiger partial charge on any atom is 0.255 e. The van der Waals surface area contributed by atoms with E-state index in [1.54, 1.807) is 11.0 Å². The summed E-state index contributed by atoms with van der Waals surface area (Å²) in [5, 5.41) is 0.495. The highest BCUT2D eigenvalue weighted by Crippen LogP contribution is 2.30. The van der Waals surface area contributed by atoms with Crippen molar-refractivity contribution in [3.63, 3.8) is 0 Å². The number of benzene rings is 1. The Bertz CT molecular complexity index is 481. The lowest BCUT2D eigenvalue weighted by Crippen LogP contribution is -2.44. The predicted molar refractivity (Wildman–Crippen MR) is 83.1 cm³/mol. The van der Waals surface area contributed by atoms with E-state index in [1.165, 1.54) is 0 Å². The first-order chi connectivity index (χ1) is 9.02. The molecular formula is C14H16BrCl2NO. The Kier molecular flexibility index (Phi) is 5.15. The van der Waals surface area contributed by atoms with Crippen molar-refractivity contribution in [3.05, 3.63) is 33.3 Å². The number of carbonyl (C=O) groups is 1. The molecule has 5 heteroatoms. The van der Waals surface area contributed by atoms with E-state index in [0.717, 1.165) is 30.2 Å². The molecule has 0 bridgehead atoms. The zero-order valence-corrected chi connectivity index (χ0v) is 13.8. The number of amides is 1. The van der Waals surface area contributed by atoms with E-state index in [4.69, 9.17) is 23.2 Å². The fraction of sp³-hybridized carbons (Fsp3) is 0.500. The molecule has 1 amide bonds. The number of carbonyl (C=O) groups excluding carboxylic acids is 1. The molecule has 1 aliphatic carbocycles. The molecule has 0 radical (unpaired) electrons. The van der Waals surface area contributed by atoms with Crippen LogP contribution < -0.4 is 0 Å². The van der Waals surface area contributed by atoms with Crippen LogP contribution in [0.1, 0.15) is 36.0 Å². The number of rotatable bonds is 2. The molecule has 2 nitrogen and oxygen atoms in total. The van der Waals surface area contributed by atoms with Crippen LogP contribution in [0.15, 0.2) is 22.7 Å². The van der Waals surface area contributed by atoms with Gasteiger partial charge in [0.15, 0.2) is 0 Å². The van der Waals surface area contributed by atoms with Gasteiger partial charge in [-0.3, -0.25) is 4.79 Å². The smallest absolute Gasteiger partial charge is 0.255 e. The van der Waals surface area contributed by atoms with Crippen molar-refractivity contribution in [2.45, 2.75) is 37.1 Å². The standard InChI is InChI=1S/C14H16BrCl2NO/c1-18(12-8-3-2-7-11(12)16)14(19)9-5-4-6-10(15)13(9)17/h4-6,11-12H,2-3,7-8H2,1H3. The molecule has 1 saturated carbocycles. The summed E-state index contributed by atoms with van der Waals surface area (Å²) >= 11 is 15.9. The molecule has 1 fully saturated rings. The van der Waals surface area contributed by atoms with Crippen molar-refractivity contribution in [2.75, 3.05) is 7.05 Å². The number of hydrogen-bond acceptors (Lipinski definition) is 1. The van der Waals surface area contributed by atoms with Crippen molar-refractivity contribution in [2.24, 2.45) is 0 Å². The second-order valence-electron chi connectivity index (χ2n) is 4.89. The van der Waals surface area contributed by atoms with Crippen LogP contribution in [0, 0.1) is 0 Å². The first-order valence-electron chi connectivity index (χ1n) is 6.37.